The van der Waals surface area contributed by atoms with Gasteiger partial charge in [0, 0.05) is 11.6 Å². The lowest BCUT2D eigenvalue weighted by Crippen LogP contribution is -2.15. The first-order valence-corrected chi connectivity index (χ1v) is 11.5. The number of nitrogens with one attached hydrogen (secondary N) is 1. The van der Waals surface area contributed by atoms with E-state index in [2.05, 4.69) is 4.72 Å². The molecule has 29 heavy (non-hydrogen) atoms. The number of hydrogen-bond donors (Lipinski definition) is 1. The number of fused-ring (bicyclic) bond motifs is 1. The van der Waals surface area contributed by atoms with Crippen LogP contribution in [0.1, 0.15) is 19.9 Å². The smallest absolute Gasteiger partial charge is 0.296 e. The molecule has 0 aliphatic carbocycles. The molecule has 0 radical (unpaired) electrons. The molecule has 4 rings (SSSR count). The third-order valence-corrected chi connectivity index (χ3v) is 6.95. The monoisotopic (exact) mass is 424 g/mol. The Morgan fingerprint density at radius 2 is 1.62 bits per heavy atom. The summed E-state index contributed by atoms with van der Waals surface area (Å²) in [5.41, 5.74) is 2.98. The van der Waals surface area contributed by atoms with Crippen LogP contribution in [0.25, 0.3) is 21.3 Å². The minimum Gasteiger partial charge on any atom is -0.296 e. The van der Waals surface area contributed by atoms with Gasteiger partial charge in [-0.3, -0.25) is 14.1 Å². The van der Waals surface area contributed by atoms with E-state index in [1.165, 1.54) is 0 Å². The zero-order valence-corrected chi connectivity index (χ0v) is 17.6. The molecule has 0 aliphatic rings. The van der Waals surface area contributed by atoms with E-state index in [9.17, 15) is 13.2 Å². The number of aromatic nitrogens is 1. The van der Waals surface area contributed by atoms with Crippen molar-refractivity contribution in [2.75, 3.05) is 4.72 Å². The second-order valence-corrected chi connectivity index (χ2v) is 9.65. The number of anilines is 1. The van der Waals surface area contributed by atoms with Gasteiger partial charge >= 0.3 is 4.87 Å². The number of rotatable bonds is 5. The van der Waals surface area contributed by atoms with Crippen LogP contribution in [0.5, 0.6) is 0 Å². The Morgan fingerprint density at radius 1 is 0.931 bits per heavy atom. The molecule has 0 atom stereocenters. The fraction of sp³-hybridized carbons (Fsp3) is 0.136. The van der Waals surface area contributed by atoms with E-state index in [0.29, 0.717) is 10.4 Å². The largest absolute Gasteiger partial charge is 0.308 e. The molecule has 0 aliphatic heterocycles. The van der Waals surface area contributed by atoms with Gasteiger partial charge in [0.1, 0.15) is 0 Å². The normalized spacial score (nSPS) is 11.8. The van der Waals surface area contributed by atoms with E-state index in [1.807, 2.05) is 56.3 Å². The average molecular weight is 425 g/mol. The van der Waals surface area contributed by atoms with Gasteiger partial charge in [-0.2, -0.15) is 0 Å². The summed E-state index contributed by atoms with van der Waals surface area (Å²) in [7, 11) is -3.81. The zero-order valence-electron chi connectivity index (χ0n) is 16.0. The van der Waals surface area contributed by atoms with E-state index >= 15 is 0 Å². The molecular formula is C22H20N2O3S2. The molecule has 148 valence electrons. The first-order chi connectivity index (χ1) is 13.9. The van der Waals surface area contributed by atoms with Gasteiger partial charge < -0.3 is 0 Å². The summed E-state index contributed by atoms with van der Waals surface area (Å²) < 4.78 is 31.2. The second-order valence-electron chi connectivity index (χ2n) is 6.98. The number of benzene rings is 3. The fourth-order valence-electron chi connectivity index (χ4n) is 3.32. The van der Waals surface area contributed by atoms with Crippen molar-refractivity contribution in [2.24, 2.45) is 0 Å². The van der Waals surface area contributed by atoms with Gasteiger partial charge in [-0.15, -0.1) is 0 Å². The molecule has 7 heteroatoms. The van der Waals surface area contributed by atoms with Gasteiger partial charge in [-0.1, -0.05) is 59.9 Å². The second kappa shape index (κ2) is 7.50. The van der Waals surface area contributed by atoms with E-state index < -0.39 is 10.0 Å². The summed E-state index contributed by atoms with van der Waals surface area (Å²) in [5.74, 6) is 0. The average Bonchev–Trinajstić information content (AvgIpc) is 3.04. The van der Waals surface area contributed by atoms with Crippen molar-refractivity contribution in [3.05, 3.63) is 82.5 Å². The van der Waals surface area contributed by atoms with Gasteiger partial charge in [-0.05, 0) is 43.7 Å². The summed E-state index contributed by atoms with van der Waals surface area (Å²) in [4.78, 5) is 12.3. The van der Waals surface area contributed by atoms with E-state index in [4.69, 9.17) is 0 Å². The van der Waals surface area contributed by atoms with Gasteiger partial charge in [-0.25, -0.2) is 8.42 Å². The maximum atomic E-state index is 13.1. The Kier molecular flexibility index (Phi) is 5.02. The maximum Gasteiger partial charge on any atom is 0.308 e. The van der Waals surface area contributed by atoms with Crippen molar-refractivity contribution >= 4 is 37.3 Å². The molecule has 1 heterocycles. The predicted octanol–water partition coefficient (Wildman–Crippen LogP) is 5.11. The van der Waals surface area contributed by atoms with Crippen molar-refractivity contribution in [1.29, 1.82) is 0 Å². The van der Waals surface area contributed by atoms with Crippen molar-refractivity contribution < 1.29 is 8.42 Å². The Hall–Kier alpha value is -2.90. The van der Waals surface area contributed by atoms with Crippen molar-refractivity contribution in [3.8, 4) is 11.1 Å². The molecule has 0 unspecified atom stereocenters. The zero-order chi connectivity index (χ0) is 20.6. The van der Waals surface area contributed by atoms with Crippen LogP contribution in [0, 0.1) is 0 Å². The molecule has 0 bridgehead atoms. The van der Waals surface area contributed by atoms with Gasteiger partial charge in [0.25, 0.3) is 10.0 Å². The molecule has 0 amide bonds. The summed E-state index contributed by atoms with van der Waals surface area (Å²) >= 11 is 1.06. The Morgan fingerprint density at radius 3 is 2.34 bits per heavy atom. The molecular weight excluding hydrogens is 404 g/mol. The number of nitrogens with zero attached hydrogens (tertiary/aromatic N) is 1. The molecule has 0 saturated heterocycles. The molecule has 4 aromatic rings. The minimum absolute atomic E-state index is 0.00887. The van der Waals surface area contributed by atoms with Crippen LogP contribution >= 0.6 is 11.3 Å². The lowest BCUT2D eigenvalue weighted by atomic mass is 10.0. The fourth-order valence-corrected chi connectivity index (χ4v) is 5.55. The topological polar surface area (TPSA) is 68.2 Å². The number of thiazole rings is 1. The van der Waals surface area contributed by atoms with E-state index in [0.717, 1.165) is 28.0 Å². The van der Waals surface area contributed by atoms with Gasteiger partial charge in [0.2, 0.25) is 0 Å². The van der Waals surface area contributed by atoms with Crippen molar-refractivity contribution in [1.82, 2.24) is 4.57 Å². The molecule has 3 aromatic carbocycles. The minimum atomic E-state index is -3.81. The van der Waals surface area contributed by atoms with Crippen molar-refractivity contribution in [2.45, 2.75) is 24.8 Å². The van der Waals surface area contributed by atoms with Gasteiger partial charge in [0.15, 0.2) is 0 Å². The van der Waals surface area contributed by atoms with Gasteiger partial charge in [0.05, 0.1) is 20.8 Å². The standard InChI is InChI=1S/C22H20N2O3S2/c1-15(2)24-20-13-12-17(14-21(20)28-22(24)25)29(26,27)23-19-11-7-6-10-18(19)16-8-4-3-5-9-16/h3-15,23H,1-2H3. The summed E-state index contributed by atoms with van der Waals surface area (Å²) in [6.07, 6.45) is 0. The molecule has 0 saturated carbocycles. The maximum absolute atomic E-state index is 13.1. The van der Waals surface area contributed by atoms with Crippen molar-refractivity contribution in [3.63, 3.8) is 0 Å². The Bertz CT molecular complexity index is 1340. The molecule has 0 spiro atoms. The highest BCUT2D eigenvalue weighted by molar-refractivity contribution is 7.92. The highest BCUT2D eigenvalue weighted by Gasteiger charge is 2.19. The number of hydrogen-bond acceptors (Lipinski definition) is 4. The van der Waals surface area contributed by atoms with E-state index in [1.54, 1.807) is 34.9 Å². The third-order valence-electron chi connectivity index (χ3n) is 4.67. The molecule has 1 aromatic heterocycles. The quantitative estimate of drug-likeness (QED) is 0.484. The Labute approximate surface area is 173 Å². The highest BCUT2D eigenvalue weighted by atomic mass is 32.2. The first-order valence-electron chi connectivity index (χ1n) is 9.19. The third kappa shape index (κ3) is 3.71. The van der Waals surface area contributed by atoms with Crippen LogP contribution in [0.2, 0.25) is 0 Å². The summed E-state index contributed by atoms with van der Waals surface area (Å²) in [6, 6.07) is 21.7. The van der Waals surface area contributed by atoms with Crippen LogP contribution in [0.3, 0.4) is 0 Å². The first kappa shape index (κ1) is 19.4. The van der Waals surface area contributed by atoms with Crippen LogP contribution in [0.4, 0.5) is 5.69 Å². The predicted molar refractivity (Wildman–Crippen MR) is 119 cm³/mol. The highest BCUT2D eigenvalue weighted by Crippen LogP contribution is 2.30. The number of sulfonamides is 1. The van der Waals surface area contributed by atoms with Crippen LogP contribution < -0.4 is 9.60 Å². The van der Waals surface area contributed by atoms with Crippen LogP contribution in [-0.4, -0.2) is 13.0 Å². The summed E-state index contributed by atoms with van der Waals surface area (Å²) in [6.45, 7) is 3.86. The molecule has 1 N–H and O–H groups in total. The lowest BCUT2D eigenvalue weighted by molar-refractivity contribution is 0.601. The lowest BCUT2D eigenvalue weighted by Gasteiger charge is -2.13. The summed E-state index contributed by atoms with van der Waals surface area (Å²) in [5, 5.41) is 0. The SMILES string of the molecule is CC(C)n1c(=O)sc2cc(S(=O)(=O)Nc3ccccc3-c3ccccc3)ccc21. The molecule has 0 fully saturated rings. The number of para-hydroxylation sites is 1. The Balaban J connectivity index is 1.75. The van der Waals surface area contributed by atoms with E-state index in [-0.39, 0.29) is 15.8 Å². The van der Waals surface area contributed by atoms with Crippen LogP contribution in [-0.2, 0) is 10.0 Å². The van der Waals surface area contributed by atoms with Crippen LogP contribution in [0.15, 0.2) is 82.5 Å². The molecule has 5 nitrogen and oxygen atoms in total.